The van der Waals surface area contributed by atoms with Gasteiger partial charge in [-0.3, -0.25) is 23.9 Å². The lowest BCUT2D eigenvalue weighted by molar-refractivity contribution is 0.0893. The number of piperazine rings is 2. The number of fused-ring (bicyclic) bond motifs is 2. The number of pyridine rings is 3. The maximum Gasteiger partial charge on any atom is 0.279 e. The van der Waals surface area contributed by atoms with Gasteiger partial charge in [0.05, 0.1) is 60.4 Å². The van der Waals surface area contributed by atoms with Gasteiger partial charge in [0, 0.05) is 79.8 Å². The highest BCUT2D eigenvalue weighted by Gasteiger charge is 2.32. The van der Waals surface area contributed by atoms with Crippen LogP contribution in [0.3, 0.4) is 0 Å². The zero-order chi connectivity index (χ0) is 55.0. The van der Waals surface area contributed by atoms with E-state index in [4.69, 9.17) is 23.9 Å². The average molecular weight is 1100 g/mol. The number of rotatable bonds is 20. The Hall–Kier alpha value is -6.59. The number of aryl methyl sites for hydroxylation is 3. The van der Waals surface area contributed by atoms with Crippen LogP contribution < -0.4 is 20.6 Å². The van der Waals surface area contributed by atoms with Gasteiger partial charge in [-0.1, -0.05) is 33.8 Å². The van der Waals surface area contributed by atoms with Crippen LogP contribution in [0.1, 0.15) is 51.7 Å². The second-order valence-corrected chi connectivity index (χ2v) is 22.3. The highest BCUT2D eigenvalue weighted by Crippen LogP contribution is 2.33. The van der Waals surface area contributed by atoms with Crippen LogP contribution in [0.4, 0.5) is 0 Å². The molecule has 9 rings (SSSR count). The van der Waals surface area contributed by atoms with E-state index in [1.165, 1.54) is 33.1 Å². The molecule has 2 fully saturated rings. The first kappa shape index (κ1) is 56.6. The predicted molar refractivity (Wildman–Crippen MR) is 287 cm³/mol. The molecule has 414 valence electrons. The summed E-state index contributed by atoms with van der Waals surface area (Å²) in [5, 5.41) is 8.81. The molecule has 0 aliphatic carbocycles. The summed E-state index contributed by atoms with van der Waals surface area (Å²) < 4.78 is 82.5. The van der Waals surface area contributed by atoms with E-state index < -0.39 is 31.2 Å². The van der Waals surface area contributed by atoms with E-state index in [1.807, 2.05) is 39.0 Å². The van der Waals surface area contributed by atoms with Crippen molar-refractivity contribution in [1.82, 2.24) is 72.9 Å². The molecule has 7 aromatic heterocycles. The first-order valence-electron chi connectivity index (χ1n) is 25.6. The molecule has 0 unspecified atom stereocenters. The highest BCUT2D eigenvalue weighted by molar-refractivity contribution is 7.89. The van der Waals surface area contributed by atoms with Crippen molar-refractivity contribution in [3.8, 4) is 34.5 Å². The Morgan fingerprint density at radius 2 is 1.18 bits per heavy atom. The standard InChI is InChI=1S/C27H34N8O5S.C23H33N7O5S/c1-4-22-23-24(32-35(22)18-19-8-6-7-9-28-19)26(36)31-25(30-23)21-16-20(17-29-27(21)40-15-14-39-3)41(37,38)34-12-10-33(5-2)11-13-34;1-6-18-19-20(27-28(18)4)22(31)26-21(25-19)17-12-16(13-24-23(17)35-15(3)14-34-5)36(32,33)30-10-8-29(7-2)9-11-30/h6-9,16-17H,4-5,10-15,18H2,1-3H3,(H,30,31,36);12-13,15H,6-11,14H2,1-5H3,(H,25,26,31)/t;15-/m.1/s1. The minimum absolute atomic E-state index is 0.000785. The van der Waals surface area contributed by atoms with Crippen molar-refractivity contribution >= 4 is 42.1 Å². The Kier molecular flexibility index (Phi) is 18.2. The Morgan fingerprint density at radius 1 is 0.649 bits per heavy atom. The molecule has 0 aromatic carbocycles. The van der Waals surface area contributed by atoms with Crippen LogP contribution in [-0.4, -0.2) is 195 Å². The van der Waals surface area contributed by atoms with Gasteiger partial charge in [-0.2, -0.15) is 18.8 Å². The molecule has 27 heteroatoms. The maximum atomic E-state index is 13.6. The summed E-state index contributed by atoms with van der Waals surface area (Å²) in [6.07, 6.45) is 5.09. The first-order chi connectivity index (χ1) is 37.0. The van der Waals surface area contributed by atoms with Gasteiger partial charge in [0.2, 0.25) is 31.8 Å². The zero-order valence-corrected chi connectivity index (χ0v) is 46.4. The predicted octanol–water partition coefficient (Wildman–Crippen LogP) is 2.56. The fourth-order valence-corrected chi connectivity index (χ4v) is 12.0. The number of likely N-dealkylation sites (N-methyl/N-ethyl adjacent to an activating group) is 2. The van der Waals surface area contributed by atoms with E-state index in [9.17, 15) is 26.4 Å². The molecule has 77 heavy (non-hydrogen) atoms. The molecule has 2 saturated heterocycles. The molecule has 25 nitrogen and oxygen atoms in total. The number of H-pyrrole nitrogens is 2. The van der Waals surface area contributed by atoms with E-state index in [0.29, 0.717) is 96.0 Å². The van der Waals surface area contributed by atoms with Crippen molar-refractivity contribution in [2.75, 3.05) is 99.5 Å². The summed E-state index contributed by atoms with van der Waals surface area (Å²) >= 11 is 0. The van der Waals surface area contributed by atoms with Crippen molar-refractivity contribution in [2.24, 2.45) is 7.05 Å². The maximum absolute atomic E-state index is 13.6. The number of nitrogens with zero attached hydrogens (tertiary/aromatic N) is 13. The summed E-state index contributed by atoms with van der Waals surface area (Å²) in [6, 6.07) is 8.55. The normalized spacial score (nSPS) is 15.7. The van der Waals surface area contributed by atoms with Gasteiger partial charge in [-0.05, 0) is 57.1 Å². The quantitative estimate of drug-likeness (QED) is 0.104. The summed E-state index contributed by atoms with van der Waals surface area (Å²) in [5.74, 6) is 0.592. The summed E-state index contributed by atoms with van der Waals surface area (Å²) in [7, 11) is -2.79. The SMILES string of the molecule is CCc1c2nc(-c3cc(S(=O)(=O)N4CCN(CC)CC4)cnc3OCCOC)[nH]c(=O)c2nn1Cc1ccccn1.CCc1c2nc(-c3cc(S(=O)(=O)N4CCN(CC)CC4)cnc3O[C@H](C)COC)[nH]c(=O)c2nn1C. The van der Waals surface area contributed by atoms with Crippen LogP contribution in [0.15, 0.2) is 68.3 Å². The molecule has 7 aromatic rings. The molecular formula is C50H67N15O10S2. The van der Waals surface area contributed by atoms with E-state index in [2.05, 4.69) is 63.7 Å². The Balaban J connectivity index is 0.000000205. The number of aromatic nitrogens is 11. The van der Waals surface area contributed by atoms with Crippen molar-refractivity contribution in [1.29, 1.82) is 0 Å². The van der Waals surface area contributed by atoms with Gasteiger partial charge in [-0.25, -0.2) is 36.8 Å². The van der Waals surface area contributed by atoms with Crippen LogP contribution in [0.2, 0.25) is 0 Å². The largest absolute Gasteiger partial charge is 0.475 e. The van der Waals surface area contributed by atoms with Crippen LogP contribution in [0.25, 0.3) is 44.8 Å². The third-order valence-electron chi connectivity index (χ3n) is 13.5. The van der Waals surface area contributed by atoms with Gasteiger partial charge in [0.25, 0.3) is 11.1 Å². The van der Waals surface area contributed by atoms with Gasteiger partial charge in [0.1, 0.15) is 45.2 Å². The molecule has 0 radical (unpaired) electrons. The number of methoxy groups -OCH3 is 2. The Morgan fingerprint density at radius 3 is 1.69 bits per heavy atom. The molecular weight excluding hydrogens is 1030 g/mol. The first-order valence-corrected chi connectivity index (χ1v) is 28.5. The van der Waals surface area contributed by atoms with Crippen molar-refractivity contribution in [3.05, 3.63) is 86.7 Å². The molecule has 2 aliphatic rings. The number of nitrogens with one attached hydrogen (secondary N) is 2. The van der Waals surface area contributed by atoms with Gasteiger partial charge < -0.3 is 38.7 Å². The topological polar surface area (TPSA) is 284 Å². The highest BCUT2D eigenvalue weighted by atomic mass is 32.2. The fraction of sp³-hybridized carbons (Fsp3) is 0.500. The minimum atomic E-state index is -3.84. The molecule has 0 saturated carbocycles. The number of aromatic amines is 2. The second kappa shape index (κ2) is 24.8. The summed E-state index contributed by atoms with van der Waals surface area (Å²) in [5.41, 5.74) is 3.28. The smallest absolute Gasteiger partial charge is 0.279 e. The summed E-state index contributed by atoms with van der Waals surface area (Å²) in [4.78, 5) is 58.6. The lowest BCUT2D eigenvalue weighted by atomic mass is 10.2. The average Bonchev–Trinajstić information content (AvgIpc) is 3.98. The molecule has 0 bridgehead atoms. The monoisotopic (exact) mass is 1100 g/mol. The number of sulfonamides is 2. The van der Waals surface area contributed by atoms with E-state index >= 15 is 0 Å². The van der Waals surface area contributed by atoms with Crippen LogP contribution in [0, 0.1) is 0 Å². The van der Waals surface area contributed by atoms with Crippen LogP contribution >= 0.6 is 0 Å². The molecule has 9 heterocycles. The van der Waals surface area contributed by atoms with Gasteiger partial charge in [-0.15, -0.1) is 0 Å². The molecule has 2 aliphatic heterocycles. The van der Waals surface area contributed by atoms with Crippen molar-refractivity contribution in [2.45, 2.75) is 69.9 Å². The van der Waals surface area contributed by atoms with Crippen molar-refractivity contribution < 1.29 is 35.8 Å². The lowest BCUT2D eigenvalue weighted by Gasteiger charge is -2.33. The van der Waals surface area contributed by atoms with E-state index in [0.717, 1.165) is 30.2 Å². The van der Waals surface area contributed by atoms with E-state index in [1.54, 1.807) is 36.8 Å². The second-order valence-electron chi connectivity index (χ2n) is 18.4. The van der Waals surface area contributed by atoms with Gasteiger partial charge in [0.15, 0.2) is 11.0 Å². The molecule has 2 N–H and O–H groups in total. The van der Waals surface area contributed by atoms with Crippen molar-refractivity contribution in [3.63, 3.8) is 0 Å². The Labute approximate surface area is 446 Å². The zero-order valence-electron chi connectivity index (χ0n) is 44.7. The third-order valence-corrected chi connectivity index (χ3v) is 17.2. The van der Waals surface area contributed by atoms with Crippen LogP contribution in [-0.2, 0) is 56.0 Å². The molecule has 0 spiro atoms. The third kappa shape index (κ3) is 12.4. The lowest BCUT2D eigenvalue weighted by Crippen LogP contribution is -2.48. The molecule has 1 atom stereocenters. The number of hydrogen-bond acceptors (Lipinski definition) is 19. The molecule has 0 amide bonds. The number of ether oxygens (including phenoxy) is 4. The number of hydrogen-bond donors (Lipinski definition) is 2. The minimum Gasteiger partial charge on any atom is -0.475 e. The van der Waals surface area contributed by atoms with Gasteiger partial charge >= 0.3 is 0 Å². The van der Waals surface area contributed by atoms with Crippen LogP contribution in [0.5, 0.6) is 11.8 Å². The summed E-state index contributed by atoms with van der Waals surface area (Å²) in [6.45, 7) is 16.9. The van der Waals surface area contributed by atoms with E-state index in [-0.39, 0.29) is 68.1 Å². The Bertz CT molecular complexity index is 3520. The fourth-order valence-electron chi connectivity index (χ4n) is 9.21.